The van der Waals surface area contributed by atoms with Gasteiger partial charge < -0.3 is 14.6 Å². The molecule has 4 nitrogen and oxygen atoms in total. The van der Waals surface area contributed by atoms with Gasteiger partial charge in [0.2, 0.25) is 0 Å². The molecule has 16 heavy (non-hydrogen) atoms. The first-order valence-electron chi connectivity index (χ1n) is 5.96. The van der Waals surface area contributed by atoms with E-state index in [0.717, 1.165) is 32.7 Å². The molecule has 1 heterocycles. The number of hydrogen-bond acceptors (Lipinski definition) is 3. The minimum Gasteiger partial charge on any atom is -0.383 e. The fourth-order valence-corrected chi connectivity index (χ4v) is 1.68. The van der Waals surface area contributed by atoms with Gasteiger partial charge in [0.05, 0.1) is 6.61 Å². The smallest absolute Gasteiger partial charge is 0.111 e. The predicted octanol–water partition coefficient (Wildman–Crippen LogP) is 1.63. The van der Waals surface area contributed by atoms with Crippen molar-refractivity contribution in [3.63, 3.8) is 0 Å². The van der Waals surface area contributed by atoms with Gasteiger partial charge in [-0.15, -0.1) is 0 Å². The molecule has 0 unspecified atom stereocenters. The molecule has 0 atom stereocenters. The average molecular weight is 225 g/mol. The number of rotatable bonds is 8. The van der Waals surface area contributed by atoms with Crippen molar-refractivity contribution in [1.82, 2.24) is 14.9 Å². The zero-order chi connectivity index (χ0) is 11.8. The zero-order valence-corrected chi connectivity index (χ0v) is 10.6. The molecule has 0 aliphatic heterocycles. The summed E-state index contributed by atoms with van der Waals surface area (Å²) in [4.78, 5) is 4.37. The molecule has 1 N–H and O–H groups in total. The molecule has 4 heteroatoms. The summed E-state index contributed by atoms with van der Waals surface area (Å²) in [6.07, 6.45) is 5.07. The Balaban J connectivity index is 2.19. The second kappa shape index (κ2) is 7.41. The van der Waals surface area contributed by atoms with Crippen molar-refractivity contribution < 1.29 is 4.74 Å². The maximum absolute atomic E-state index is 4.97. The van der Waals surface area contributed by atoms with Crippen molar-refractivity contribution in [2.45, 2.75) is 32.7 Å². The van der Waals surface area contributed by atoms with Gasteiger partial charge in [-0.2, -0.15) is 0 Å². The fraction of sp³-hybridized carbons (Fsp3) is 0.750. The molecule has 1 aromatic rings. The first-order valence-corrected chi connectivity index (χ1v) is 5.96. The van der Waals surface area contributed by atoms with Gasteiger partial charge in [0, 0.05) is 38.5 Å². The number of methoxy groups -OCH3 is 1. The lowest BCUT2D eigenvalue weighted by Crippen LogP contribution is -2.21. The molecular weight excluding hydrogens is 202 g/mol. The second-order valence-corrected chi connectivity index (χ2v) is 4.23. The molecule has 0 amide bonds. The Hall–Kier alpha value is -0.870. The minimum absolute atomic E-state index is 0.497. The standard InChI is InChI=1S/C12H23N3O/c1-11(2)12-14-6-9-15(12)8-4-5-13-7-10-16-3/h6,9,11,13H,4-5,7-8,10H2,1-3H3. The zero-order valence-electron chi connectivity index (χ0n) is 10.6. The number of ether oxygens (including phenoxy) is 1. The predicted molar refractivity (Wildman–Crippen MR) is 65.7 cm³/mol. The van der Waals surface area contributed by atoms with Crippen LogP contribution in [0.5, 0.6) is 0 Å². The molecule has 0 aliphatic carbocycles. The van der Waals surface area contributed by atoms with Gasteiger partial charge in [0.1, 0.15) is 5.82 Å². The van der Waals surface area contributed by atoms with Crippen LogP contribution in [0.4, 0.5) is 0 Å². The highest BCUT2D eigenvalue weighted by molar-refractivity contribution is 4.97. The summed E-state index contributed by atoms with van der Waals surface area (Å²) in [7, 11) is 1.72. The Labute approximate surface area is 98.0 Å². The number of hydrogen-bond donors (Lipinski definition) is 1. The maximum atomic E-state index is 4.97. The lowest BCUT2D eigenvalue weighted by molar-refractivity contribution is 0.199. The SMILES string of the molecule is COCCNCCCn1ccnc1C(C)C. The molecule has 0 spiro atoms. The maximum Gasteiger partial charge on any atom is 0.111 e. The largest absolute Gasteiger partial charge is 0.383 e. The molecule has 0 aromatic carbocycles. The Morgan fingerprint density at radius 3 is 2.94 bits per heavy atom. The van der Waals surface area contributed by atoms with E-state index >= 15 is 0 Å². The van der Waals surface area contributed by atoms with Crippen LogP contribution in [0.1, 0.15) is 32.0 Å². The third-order valence-electron chi connectivity index (χ3n) is 2.50. The van der Waals surface area contributed by atoms with Crippen LogP contribution in [0, 0.1) is 0 Å². The molecule has 0 saturated heterocycles. The van der Waals surface area contributed by atoms with Gasteiger partial charge in [0.25, 0.3) is 0 Å². The summed E-state index contributed by atoms with van der Waals surface area (Å²) < 4.78 is 7.21. The quantitative estimate of drug-likeness (QED) is 0.684. The van der Waals surface area contributed by atoms with E-state index in [2.05, 4.69) is 34.9 Å². The molecule has 0 saturated carbocycles. The first-order chi connectivity index (χ1) is 7.75. The van der Waals surface area contributed by atoms with Gasteiger partial charge in [-0.25, -0.2) is 4.98 Å². The highest BCUT2D eigenvalue weighted by Gasteiger charge is 2.05. The van der Waals surface area contributed by atoms with Crippen molar-refractivity contribution in [3.05, 3.63) is 18.2 Å². The topological polar surface area (TPSA) is 39.1 Å². The van der Waals surface area contributed by atoms with E-state index in [4.69, 9.17) is 4.74 Å². The van der Waals surface area contributed by atoms with Crippen LogP contribution < -0.4 is 5.32 Å². The van der Waals surface area contributed by atoms with Gasteiger partial charge >= 0.3 is 0 Å². The van der Waals surface area contributed by atoms with Crippen LogP contribution in [-0.4, -0.2) is 36.4 Å². The lowest BCUT2D eigenvalue weighted by Gasteiger charge is -2.10. The van der Waals surface area contributed by atoms with Crippen molar-refractivity contribution in [1.29, 1.82) is 0 Å². The third kappa shape index (κ3) is 4.33. The van der Waals surface area contributed by atoms with Gasteiger partial charge in [-0.1, -0.05) is 13.8 Å². The Morgan fingerprint density at radius 2 is 2.25 bits per heavy atom. The summed E-state index contributed by atoms with van der Waals surface area (Å²) in [5, 5.41) is 3.34. The van der Waals surface area contributed by atoms with Crippen LogP contribution in [0.3, 0.4) is 0 Å². The molecule has 92 valence electrons. The molecule has 0 bridgehead atoms. The highest BCUT2D eigenvalue weighted by Crippen LogP contribution is 2.11. The molecule has 1 aromatic heterocycles. The van der Waals surface area contributed by atoms with Crippen LogP contribution in [0.2, 0.25) is 0 Å². The number of aromatic nitrogens is 2. The molecule has 1 rings (SSSR count). The molecule has 0 aliphatic rings. The van der Waals surface area contributed by atoms with Crippen LogP contribution in [0.25, 0.3) is 0 Å². The van der Waals surface area contributed by atoms with Crippen molar-refractivity contribution in [3.8, 4) is 0 Å². The lowest BCUT2D eigenvalue weighted by atomic mass is 10.2. The van der Waals surface area contributed by atoms with Crippen LogP contribution >= 0.6 is 0 Å². The van der Waals surface area contributed by atoms with Crippen molar-refractivity contribution in [2.24, 2.45) is 0 Å². The fourth-order valence-electron chi connectivity index (χ4n) is 1.68. The summed E-state index contributed by atoms with van der Waals surface area (Å²) >= 11 is 0. The van der Waals surface area contributed by atoms with E-state index in [1.165, 1.54) is 5.82 Å². The second-order valence-electron chi connectivity index (χ2n) is 4.23. The number of imidazole rings is 1. The van der Waals surface area contributed by atoms with Gasteiger partial charge in [-0.05, 0) is 13.0 Å². The Bertz CT molecular complexity index is 284. The van der Waals surface area contributed by atoms with Crippen molar-refractivity contribution in [2.75, 3.05) is 26.8 Å². The van der Waals surface area contributed by atoms with E-state index in [-0.39, 0.29) is 0 Å². The summed E-state index contributed by atoms with van der Waals surface area (Å²) in [6.45, 7) is 8.12. The normalized spacial score (nSPS) is 11.2. The van der Waals surface area contributed by atoms with E-state index in [1.54, 1.807) is 7.11 Å². The monoisotopic (exact) mass is 225 g/mol. The van der Waals surface area contributed by atoms with Crippen LogP contribution in [-0.2, 0) is 11.3 Å². The van der Waals surface area contributed by atoms with E-state index < -0.39 is 0 Å². The third-order valence-corrected chi connectivity index (χ3v) is 2.50. The average Bonchev–Trinajstić information content (AvgIpc) is 2.71. The Morgan fingerprint density at radius 1 is 1.44 bits per heavy atom. The summed E-state index contributed by atoms with van der Waals surface area (Å²) in [5.74, 6) is 1.67. The van der Waals surface area contributed by atoms with E-state index in [0.29, 0.717) is 5.92 Å². The Kier molecular flexibility index (Phi) is 6.11. The van der Waals surface area contributed by atoms with E-state index in [9.17, 15) is 0 Å². The minimum atomic E-state index is 0.497. The molecule has 0 fully saturated rings. The van der Waals surface area contributed by atoms with E-state index in [1.807, 2.05) is 6.20 Å². The highest BCUT2D eigenvalue weighted by atomic mass is 16.5. The number of aryl methyl sites for hydroxylation is 1. The van der Waals surface area contributed by atoms with Gasteiger partial charge in [-0.3, -0.25) is 0 Å². The molecular formula is C12H23N3O. The first kappa shape index (κ1) is 13.2. The van der Waals surface area contributed by atoms with Gasteiger partial charge in [0.15, 0.2) is 0 Å². The van der Waals surface area contributed by atoms with Crippen molar-refractivity contribution >= 4 is 0 Å². The molecule has 0 radical (unpaired) electrons. The van der Waals surface area contributed by atoms with Crippen LogP contribution in [0.15, 0.2) is 12.4 Å². The summed E-state index contributed by atoms with van der Waals surface area (Å²) in [6, 6.07) is 0. The number of nitrogens with zero attached hydrogens (tertiary/aromatic N) is 2. The number of nitrogens with one attached hydrogen (secondary N) is 1. The summed E-state index contributed by atoms with van der Waals surface area (Å²) in [5.41, 5.74) is 0.